The van der Waals surface area contributed by atoms with Crippen molar-refractivity contribution in [2.45, 2.75) is 31.7 Å². The van der Waals surface area contributed by atoms with E-state index < -0.39 is 0 Å². The molecule has 0 aromatic heterocycles. The minimum atomic E-state index is 0.274. The number of benzene rings is 1. The molecule has 2 N–H and O–H groups in total. The number of hydrogen-bond donors (Lipinski definition) is 2. The van der Waals surface area contributed by atoms with Crippen molar-refractivity contribution >= 4 is 15.9 Å². The van der Waals surface area contributed by atoms with E-state index in [0.29, 0.717) is 17.9 Å². The summed E-state index contributed by atoms with van der Waals surface area (Å²) in [5.74, 6) is 1.08. The summed E-state index contributed by atoms with van der Waals surface area (Å²) >= 11 is 3.46. The summed E-state index contributed by atoms with van der Waals surface area (Å²) < 4.78 is 1.15. The number of aliphatic hydroxyl groups is 1. The van der Waals surface area contributed by atoms with Gasteiger partial charge in [0.2, 0.25) is 0 Å². The van der Waals surface area contributed by atoms with E-state index in [-0.39, 0.29) is 6.61 Å². The van der Waals surface area contributed by atoms with E-state index in [1.54, 1.807) is 0 Å². The molecule has 1 aromatic rings. The molecule has 1 fully saturated rings. The molecule has 2 rings (SSSR count). The Morgan fingerprint density at radius 3 is 2.59 bits per heavy atom. The van der Waals surface area contributed by atoms with Crippen LogP contribution in [0.25, 0.3) is 0 Å². The number of aliphatic hydroxyl groups excluding tert-OH is 1. The second kappa shape index (κ2) is 5.98. The molecule has 0 aliphatic heterocycles. The van der Waals surface area contributed by atoms with Crippen molar-refractivity contribution in [1.82, 2.24) is 5.32 Å². The van der Waals surface area contributed by atoms with Gasteiger partial charge in [-0.1, -0.05) is 35.0 Å². The van der Waals surface area contributed by atoms with Crippen molar-refractivity contribution in [3.63, 3.8) is 0 Å². The molecule has 1 aliphatic carbocycles. The summed E-state index contributed by atoms with van der Waals surface area (Å²) in [5, 5.41) is 12.5. The van der Waals surface area contributed by atoms with Gasteiger partial charge in [0, 0.05) is 23.7 Å². The molecular weight excluding hydrogens is 278 g/mol. The highest BCUT2D eigenvalue weighted by atomic mass is 79.9. The molecule has 1 saturated carbocycles. The zero-order valence-corrected chi connectivity index (χ0v) is 11.8. The monoisotopic (exact) mass is 297 g/mol. The van der Waals surface area contributed by atoms with Crippen molar-refractivity contribution in [3.05, 3.63) is 34.3 Å². The maximum Gasteiger partial charge on any atom is 0.0468 e. The minimum Gasteiger partial charge on any atom is -0.396 e. The largest absolute Gasteiger partial charge is 0.396 e. The highest BCUT2D eigenvalue weighted by Crippen LogP contribution is 2.37. The Balaban J connectivity index is 1.73. The Hall–Kier alpha value is -0.380. The standard InChI is InChI=1S/C14H20BrNO/c1-10(9-17)8-16-14-6-12(7-14)11-2-4-13(15)5-3-11/h2-5,10,12,14,16-17H,6-9H2,1H3. The zero-order valence-electron chi connectivity index (χ0n) is 10.2. The first-order valence-electron chi connectivity index (χ1n) is 6.28. The third-order valence-corrected chi connectivity index (χ3v) is 4.07. The minimum absolute atomic E-state index is 0.274. The summed E-state index contributed by atoms with van der Waals surface area (Å²) in [5.41, 5.74) is 1.45. The third-order valence-electron chi connectivity index (χ3n) is 3.55. The predicted octanol–water partition coefficient (Wildman–Crippen LogP) is 2.91. The first-order valence-corrected chi connectivity index (χ1v) is 7.08. The normalized spacial score (nSPS) is 25.4. The molecule has 0 heterocycles. The van der Waals surface area contributed by atoms with Crippen LogP contribution >= 0.6 is 15.9 Å². The fraction of sp³-hybridized carbons (Fsp3) is 0.571. The lowest BCUT2D eigenvalue weighted by Crippen LogP contribution is -2.42. The molecule has 94 valence electrons. The number of nitrogens with one attached hydrogen (secondary N) is 1. The van der Waals surface area contributed by atoms with Gasteiger partial charge >= 0.3 is 0 Å². The number of halogens is 1. The van der Waals surface area contributed by atoms with Gasteiger partial charge in [0.05, 0.1) is 0 Å². The van der Waals surface area contributed by atoms with Crippen LogP contribution < -0.4 is 5.32 Å². The first-order chi connectivity index (χ1) is 8.19. The molecule has 0 spiro atoms. The van der Waals surface area contributed by atoms with Crippen molar-refractivity contribution in [1.29, 1.82) is 0 Å². The van der Waals surface area contributed by atoms with E-state index in [1.807, 2.05) is 0 Å². The lowest BCUT2D eigenvalue weighted by molar-refractivity contribution is 0.213. The van der Waals surface area contributed by atoms with Crippen LogP contribution in [0, 0.1) is 5.92 Å². The van der Waals surface area contributed by atoms with E-state index in [4.69, 9.17) is 5.11 Å². The van der Waals surface area contributed by atoms with Crippen LogP contribution in [0.4, 0.5) is 0 Å². The summed E-state index contributed by atoms with van der Waals surface area (Å²) in [4.78, 5) is 0. The lowest BCUT2D eigenvalue weighted by Gasteiger charge is -2.37. The molecule has 17 heavy (non-hydrogen) atoms. The van der Waals surface area contributed by atoms with Gasteiger partial charge in [0.15, 0.2) is 0 Å². The van der Waals surface area contributed by atoms with Gasteiger partial charge in [-0.05, 0) is 42.4 Å². The van der Waals surface area contributed by atoms with Crippen molar-refractivity contribution < 1.29 is 5.11 Å². The molecule has 1 unspecified atom stereocenters. The topological polar surface area (TPSA) is 32.3 Å². The second-order valence-electron chi connectivity index (χ2n) is 5.11. The van der Waals surface area contributed by atoms with Gasteiger partial charge in [-0.2, -0.15) is 0 Å². The average Bonchev–Trinajstić information content (AvgIpc) is 2.29. The van der Waals surface area contributed by atoms with E-state index in [9.17, 15) is 0 Å². The van der Waals surface area contributed by atoms with Crippen LogP contribution in [0.2, 0.25) is 0 Å². The van der Waals surface area contributed by atoms with Crippen LogP contribution in [0.5, 0.6) is 0 Å². The summed E-state index contributed by atoms with van der Waals surface area (Å²) in [6, 6.07) is 9.29. The van der Waals surface area contributed by atoms with Crippen LogP contribution in [0.3, 0.4) is 0 Å². The van der Waals surface area contributed by atoms with Crippen LogP contribution in [0.15, 0.2) is 28.7 Å². The summed E-state index contributed by atoms with van der Waals surface area (Å²) in [7, 11) is 0. The second-order valence-corrected chi connectivity index (χ2v) is 6.03. The molecule has 0 radical (unpaired) electrons. The molecule has 3 heteroatoms. The summed E-state index contributed by atoms with van der Waals surface area (Å²) in [6.07, 6.45) is 2.44. The molecule has 1 aliphatic rings. The van der Waals surface area contributed by atoms with Gasteiger partial charge in [0.25, 0.3) is 0 Å². The molecule has 0 amide bonds. The van der Waals surface area contributed by atoms with E-state index in [0.717, 1.165) is 11.0 Å². The SMILES string of the molecule is CC(CO)CNC1CC(c2ccc(Br)cc2)C1. The zero-order chi connectivity index (χ0) is 12.3. The maximum atomic E-state index is 8.95. The fourth-order valence-electron chi connectivity index (χ4n) is 2.22. The highest BCUT2D eigenvalue weighted by Gasteiger charge is 2.29. The quantitative estimate of drug-likeness (QED) is 0.876. The highest BCUT2D eigenvalue weighted by molar-refractivity contribution is 9.10. The maximum absolute atomic E-state index is 8.95. The third kappa shape index (κ3) is 3.54. The van der Waals surface area contributed by atoms with Crippen LogP contribution in [-0.4, -0.2) is 24.3 Å². The van der Waals surface area contributed by atoms with Crippen molar-refractivity contribution in [2.75, 3.05) is 13.2 Å². The van der Waals surface area contributed by atoms with Crippen molar-refractivity contribution in [2.24, 2.45) is 5.92 Å². The molecule has 0 saturated heterocycles. The Kier molecular flexibility index (Phi) is 4.60. The molecule has 0 bridgehead atoms. The van der Waals surface area contributed by atoms with Crippen LogP contribution in [0.1, 0.15) is 31.2 Å². The molecular formula is C14H20BrNO. The van der Waals surface area contributed by atoms with Gasteiger partial charge < -0.3 is 10.4 Å². The van der Waals surface area contributed by atoms with Crippen molar-refractivity contribution in [3.8, 4) is 0 Å². The number of rotatable bonds is 5. The Morgan fingerprint density at radius 1 is 1.35 bits per heavy atom. The lowest BCUT2D eigenvalue weighted by atomic mass is 9.76. The Morgan fingerprint density at radius 2 is 2.00 bits per heavy atom. The summed E-state index contributed by atoms with van der Waals surface area (Å²) in [6.45, 7) is 3.27. The average molecular weight is 298 g/mol. The van der Waals surface area contributed by atoms with Gasteiger partial charge in [-0.3, -0.25) is 0 Å². The first kappa shape index (κ1) is 13.1. The van der Waals surface area contributed by atoms with E-state index in [2.05, 4.69) is 52.4 Å². The van der Waals surface area contributed by atoms with Gasteiger partial charge in [-0.15, -0.1) is 0 Å². The smallest absolute Gasteiger partial charge is 0.0468 e. The van der Waals surface area contributed by atoms with Crippen LogP contribution in [-0.2, 0) is 0 Å². The van der Waals surface area contributed by atoms with E-state index in [1.165, 1.54) is 18.4 Å². The van der Waals surface area contributed by atoms with Gasteiger partial charge in [0.1, 0.15) is 0 Å². The van der Waals surface area contributed by atoms with Gasteiger partial charge in [-0.25, -0.2) is 0 Å². The molecule has 1 aromatic carbocycles. The van der Waals surface area contributed by atoms with E-state index >= 15 is 0 Å². The fourth-order valence-corrected chi connectivity index (χ4v) is 2.49. The molecule has 2 nitrogen and oxygen atoms in total. The molecule has 1 atom stereocenters. The Bertz CT molecular complexity index is 346. The predicted molar refractivity (Wildman–Crippen MR) is 74.2 cm³/mol. The number of hydrogen-bond acceptors (Lipinski definition) is 2. The Labute approximate surface area is 112 Å².